The summed E-state index contributed by atoms with van der Waals surface area (Å²) >= 11 is 1.65. The van der Waals surface area contributed by atoms with E-state index in [4.69, 9.17) is 0 Å². The maximum Gasteiger partial charge on any atom is 0.205 e. The van der Waals surface area contributed by atoms with E-state index in [1.807, 2.05) is 6.92 Å². The third-order valence-electron chi connectivity index (χ3n) is 2.66. The van der Waals surface area contributed by atoms with Crippen molar-refractivity contribution in [2.24, 2.45) is 5.92 Å². The molecule has 1 atom stereocenters. The lowest BCUT2D eigenvalue weighted by Gasteiger charge is -2.14. The van der Waals surface area contributed by atoms with Crippen molar-refractivity contribution in [3.63, 3.8) is 0 Å². The topological polar surface area (TPSA) is 37.8 Å². The van der Waals surface area contributed by atoms with Gasteiger partial charge in [-0.15, -0.1) is 10.2 Å². The molecule has 14 heavy (non-hydrogen) atoms. The summed E-state index contributed by atoms with van der Waals surface area (Å²) in [5.74, 6) is 0.974. The van der Waals surface area contributed by atoms with E-state index in [9.17, 15) is 0 Å². The van der Waals surface area contributed by atoms with Gasteiger partial charge in [-0.05, 0) is 25.7 Å². The van der Waals surface area contributed by atoms with Crippen molar-refractivity contribution in [3.05, 3.63) is 5.01 Å². The minimum Gasteiger partial charge on any atom is -0.357 e. The highest BCUT2D eigenvalue weighted by atomic mass is 32.1. The zero-order valence-electron chi connectivity index (χ0n) is 8.79. The van der Waals surface area contributed by atoms with Crippen LogP contribution in [0.15, 0.2) is 0 Å². The van der Waals surface area contributed by atoms with Gasteiger partial charge in [-0.3, -0.25) is 0 Å². The second-order valence-electron chi connectivity index (χ2n) is 4.05. The summed E-state index contributed by atoms with van der Waals surface area (Å²) in [7, 11) is 0. The Labute approximate surface area is 88.9 Å². The van der Waals surface area contributed by atoms with Gasteiger partial charge in [0.25, 0.3) is 0 Å². The maximum atomic E-state index is 4.09. The molecule has 0 spiro atoms. The molecule has 1 fully saturated rings. The fourth-order valence-corrected chi connectivity index (χ4v) is 2.28. The molecule has 1 aliphatic carbocycles. The van der Waals surface area contributed by atoms with Crippen molar-refractivity contribution in [1.82, 2.24) is 10.2 Å². The van der Waals surface area contributed by atoms with E-state index in [-0.39, 0.29) is 0 Å². The van der Waals surface area contributed by atoms with E-state index >= 15 is 0 Å². The average Bonchev–Trinajstić information content (AvgIpc) is 2.89. The summed E-state index contributed by atoms with van der Waals surface area (Å²) in [5, 5.41) is 13.6. The van der Waals surface area contributed by atoms with Crippen LogP contribution in [0.4, 0.5) is 5.13 Å². The normalized spacial score (nSPS) is 18.1. The molecule has 0 bridgehead atoms. The van der Waals surface area contributed by atoms with Crippen LogP contribution in [-0.2, 0) is 0 Å². The van der Waals surface area contributed by atoms with Gasteiger partial charge in [-0.2, -0.15) is 0 Å². The fraction of sp³-hybridized carbons (Fsp3) is 0.800. The molecule has 4 heteroatoms. The van der Waals surface area contributed by atoms with E-state index in [0.29, 0.717) is 6.04 Å². The molecule has 1 aliphatic rings. The molecule has 0 amide bonds. The van der Waals surface area contributed by atoms with Crippen molar-refractivity contribution in [3.8, 4) is 0 Å². The van der Waals surface area contributed by atoms with Crippen molar-refractivity contribution in [2.75, 3.05) is 5.32 Å². The zero-order chi connectivity index (χ0) is 9.97. The van der Waals surface area contributed by atoms with Crippen molar-refractivity contribution in [1.29, 1.82) is 0 Å². The standard InChI is InChI=1S/C10H17N3S/c1-3-9(6-8-4-5-8)11-10-13-12-7(2)14-10/h8-9H,3-6H2,1-2H3,(H,11,13). The summed E-state index contributed by atoms with van der Waals surface area (Å²) in [6.07, 6.45) is 5.32. The number of aromatic nitrogens is 2. The monoisotopic (exact) mass is 211 g/mol. The Balaban J connectivity index is 1.86. The predicted molar refractivity (Wildman–Crippen MR) is 59.7 cm³/mol. The van der Waals surface area contributed by atoms with Gasteiger partial charge in [-0.1, -0.05) is 31.1 Å². The first-order chi connectivity index (χ1) is 6.78. The maximum absolute atomic E-state index is 4.09. The molecule has 0 saturated heterocycles. The molecular formula is C10H17N3S. The quantitative estimate of drug-likeness (QED) is 0.813. The molecule has 1 aromatic heterocycles. The number of rotatable bonds is 5. The van der Waals surface area contributed by atoms with Crippen molar-refractivity contribution in [2.45, 2.75) is 45.6 Å². The first-order valence-electron chi connectivity index (χ1n) is 5.34. The lowest BCUT2D eigenvalue weighted by molar-refractivity contribution is 0.586. The van der Waals surface area contributed by atoms with E-state index in [1.54, 1.807) is 11.3 Å². The summed E-state index contributed by atoms with van der Waals surface area (Å²) < 4.78 is 0. The Bertz CT molecular complexity index is 293. The highest BCUT2D eigenvalue weighted by Gasteiger charge is 2.24. The van der Waals surface area contributed by atoms with Gasteiger partial charge in [0, 0.05) is 6.04 Å². The van der Waals surface area contributed by atoms with Crippen LogP contribution >= 0.6 is 11.3 Å². The van der Waals surface area contributed by atoms with Crippen molar-refractivity contribution < 1.29 is 0 Å². The third-order valence-corrected chi connectivity index (χ3v) is 3.43. The second kappa shape index (κ2) is 4.26. The molecule has 3 nitrogen and oxygen atoms in total. The second-order valence-corrected chi connectivity index (χ2v) is 5.24. The average molecular weight is 211 g/mol. The molecule has 0 radical (unpaired) electrons. The van der Waals surface area contributed by atoms with Crippen LogP contribution in [0.2, 0.25) is 0 Å². The molecule has 1 unspecified atom stereocenters. The molecule has 2 rings (SSSR count). The molecule has 1 heterocycles. The van der Waals surface area contributed by atoms with E-state index in [0.717, 1.165) is 16.1 Å². The van der Waals surface area contributed by atoms with Crippen LogP contribution in [0.5, 0.6) is 0 Å². The van der Waals surface area contributed by atoms with Gasteiger partial charge >= 0.3 is 0 Å². The molecule has 1 N–H and O–H groups in total. The highest BCUT2D eigenvalue weighted by molar-refractivity contribution is 7.15. The van der Waals surface area contributed by atoms with Gasteiger partial charge in [-0.25, -0.2) is 0 Å². The third kappa shape index (κ3) is 2.67. The van der Waals surface area contributed by atoms with Gasteiger partial charge < -0.3 is 5.32 Å². The number of aryl methyl sites for hydroxylation is 1. The fourth-order valence-electron chi connectivity index (χ4n) is 1.61. The minimum atomic E-state index is 0.592. The van der Waals surface area contributed by atoms with E-state index < -0.39 is 0 Å². The molecular weight excluding hydrogens is 194 g/mol. The van der Waals surface area contributed by atoms with Crippen LogP contribution in [-0.4, -0.2) is 16.2 Å². The van der Waals surface area contributed by atoms with Crippen LogP contribution < -0.4 is 5.32 Å². The Kier molecular flexibility index (Phi) is 3.01. The zero-order valence-corrected chi connectivity index (χ0v) is 9.60. The Hall–Kier alpha value is -0.640. The van der Waals surface area contributed by atoms with Crippen molar-refractivity contribution >= 4 is 16.5 Å². The van der Waals surface area contributed by atoms with Crippen LogP contribution in [0.25, 0.3) is 0 Å². The summed E-state index contributed by atoms with van der Waals surface area (Å²) in [6.45, 7) is 4.22. The number of anilines is 1. The minimum absolute atomic E-state index is 0.592. The summed E-state index contributed by atoms with van der Waals surface area (Å²) in [6, 6.07) is 0.592. The largest absolute Gasteiger partial charge is 0.357 e. The van der Waals surface area contributed by atoms with Crippen LogP contribution in [0.1, 0.15) is 37.6 Å². The first kappa shape index (κ1) is 9.90. The van der Waals surface area contributed by atoms with Gasteiger partial charge in [0.15, 0.2) is 0 Å². The number of hydrogen-bond acceptors (Lipinski definition) is 4. The predicted octanol–water partition coefficient (Wildman–Crippen LogP) is 2.84. The van der Waals surface area contributed by atoms with Gasteiger partial charge in [0.05, 0.1) is 0 Å². The summed E-state index contributed by atoms with van der Waals surface area (Å²) in [5.41, 5.74) is 0. The lowest BCUT2D eigenvalue weighted by Crippen LogP contribution is -2.18. The summed E-state index contributed by atoms with van der Waals surface area (Å²) in [4.78, 5) is 0. The molecule has 0 aliphatic heterocycles. The van der Waals surface area contributed by atoms with Gasteiger partial charge in [0.1, 0.15) is 5.01 Å². The number of nitrogens with one attached hydrogen (secondary N) is 1. The molecule has 1 saturated carbocycles. The number of hydrogen-bond donors (Lipinski definition) is 1. The Morgan fingerprint density at radius 3 is 2.79 bits per heavy atom. The van der Waals surface area contributed by atoms with Crippen LogP contribution in [0.3, 0.4) is 0 Å². The van der Waals surface area contributed by atoms with E-state index in [1.165, 1.54) is 25.7 Å². The number of nitrogens with zero attached hydrogens (tertiary/aromatic N) is 2. The molecule has 0 aromatic carbocycles. The Morgan fingerprint density at radius 1 is 1.50 bits per heavy atom. The van der Waals surface area contributed by atoms with Crippen LogP contribution in [0, 0.1) is 12.8 Å². The molecule has 1 aromatic rings. The SMILES string of the molecule is CCC(CC1CC1)Nc1nnc(C)s1. The van der Waals surface area contributed by atoms with E-state index in [2.05, 4.69) is 22.4 Å². The first-order valence-corrected chi connectivity index (χ1v) is 6.16. The molecule has 78 valence electrons. The smallest absolute Gasteiger partial charge is 0.205 e. The Morgan fingerprint density at radius 2 is 2.29 bits per heavy atom. The highest BCUT2D eigenvalue weighted by Crippen LogP contribution is 2.34. The lowest BCUT2D eigenvalue weighted by atomic mass is 10.1. The van der Waals surface area contributed by atoms with Gasteiger partial charge in [0.2, 0.25) is 5.13 Å².